The summed E-state index contributed by atoms with van der Waals surface area (Å²) in [6, 6.07) is 10.1. The Balaban J connectivity index is 1.64. The second kappa shape index (κ2) is 14.3. The fourth-order valence-corrected chi connectivity index (χ4v) is 6.33. The number of hydrogen-bond acceptors (Lipinski definition) is 11. The van der Waals surface area contributed by atoms with Crippen molar-refractivity contribution in [1.29, 1.82) is 0 Å². The third kappa shape index (κ3) is 8.67. The van der Waals surface area contributed by atoms with Crippen molar-refractivity contribution in [3.05, 3.63) is 83.2 Å². The number of thiol groups is 1. The number of aromatic nitrogens is 4. The Morgan fingerprint density at radius 2 is 1.67 bits per heavy atom. The van der Waals surface area contributed by atoms with Crippen molar-refractivity contribution in [2.75, 3.05) is 7.11 Å². The zero-order chi connectivity index (χ0) is 35.4. The Bertz CT molecular complexity index is 1960. The van der Waals surface area contributed by atoms with Crippen molar-refractivity contribution in [2.24, 2.45) is 0 Å². The van der Waals surface area contributed by atoms with Gasteiger partial charge >= 0.3 is 17.6 Å². The molecule has 1 amide bonds. The molecule has 256 valence electrons. The minimum absolute atomic E-state index is 0.0345. The van der Waals surface area contributed by atoms with Gasteiger partial charge in [0.25, 0.3) is 0 Å². The van der Waals surface area contributed by atoms with Crippen LogP contribution in [0.15, 0.2) is 76.8 Å². The topological polar surface area (TPSA) is 181 Å². The number of rotatable bonds is 12. The van der Waals surface area contributed by atoms with Crippen LogP contribution in [0.5, 0.6) is 0 Å². The minimum atomic E-state index is -4.19. The molecule has 0 bridgehead atoms. The van der Waals surface area contributed by atoms with Crippen molar-refractivity contribution in [3.8, 4) is 5.69 Å². The monoisotopic (exact) mass is 698 g/mol. The molecule has 4 rings (SSSR count). The Kier molecular flexibility index (Phi) is 10.8. The van der Waals surface area contributed by atoms with Gasteiger partial charge in [-0.1, -0.05) is 12.1 Å². The van der Waals surface area contributed by atoms with Crippen molar-refractivity contribution in [2.45, 2.75) is 74.9 Å². The first-order valence-electron chi connectivity index (χ1n) is 14.8. The number of amides is 1. The number of nitrogens with zero attached hydrogens (tertiary/aromatic N) is 4. The Morgan fingerprint density at radius 3 is 2.25 bits per heavy atom. The van der Waals surface area contributed by atoms with Gasteiger partial charge in [-0.2, -0.15) is 17.4 Å². The molecule has 0 aliphatic rings. The van der Waals surface area contributed by atoms with E-state index in [0.29, 0.717) is 22.4 Å². The van der Waals surface area contributed by atoms with Crippen LogP contribution < -0.4 is 15.7 Å². The Hall–Kier alpha value is -4.54. The molecule has 14 nitrogen and oxygen atoms in total. The van der Waals surface area contributed by atoms with Gasteiger partial charge in [-0.25, -0.2) is 27.6 Å². The SMILES string of the molecule is COC(=O)Cn1c(=O)n(-c2ccc(C[C@H](NC(=O)[C@@H](NS(=O)(=O)c3cccnc3)C(C)(C)S)C(=O)OC(C)(C)C)cc2)c2ncccc21. The molecule has 0 radical (unpaired) electrons. The lowest BCUT2D eigenvalue weighted by molar-refractivity contribution is -0.158. The number of esters is 2. The average Bonchev–Trinajstić information content (AvgIpc) is 3.29. The number of carbonyl (C=O) groups excluding carboxylic acids is 3. The highest BCUT2D eigenvalue weighted by molar-refractivity contribution is 7.89. The third-order valence-corrected chi connectivity index (χ3v) is 8.70. The van der Waals surface area contributed by atoms with Gasteiger partial charge in [0.1, 0.15) is 29.1 Å². The summed E-state index contributed by atoms with van der Waals surface area (Å²) in [5, 5.41) is 2.66. The standard InChI is InChI=1S/C32H38N6O8S2/c1-31(2,3)46-29(41)23(35-28(40)26(32(4,5)47)36-48(43,44)22-9-7-15-33-18-22)17-20-11-13-21(14-12-20)38-27-24(10-8-16-34-27)37(30(38)42)19-25(39)45-6/h7-16,18,23,26,36,47H,17,19H2,1-6H3,(H,35,40)/t23-,26+/m0/s1. The van der Waals surface area contributed by atoms with Crippen LogP contribution in [0.4, 0.5) is 0 Å². The molecule has 16 heteroatoms. The summed E-state index contributed by atoms with van der Waals surface area (Å²) in [6.07, 6.45) is 4.06. The maximum absolute atomic E-state index is 13.7. The van der Waals surface area contributed by atoms with E-state index in [0.717, 1.165) is 6.20 Å². The number of imidazole rings is 1. The number of hydrogen-bond donors (Lipinski definition) is 3. The Labute approximate surface area is 283 Å². The number of nitrogens with one attached hydrogen (secondary N) is 2. The molecule has 1 aromatic carbocycles. The summed E-state index contributed by atoms with van der Waals surface area (Å²) in [6.45, 7) is 7.87. The second-order valence-electron chi connectivity index (χ2n) is 12.5. The highest BCUT2D eigenvalue weighted by atomic mass is 32.2. The quantitative estimate of drug-likeness (QED) is 0.147. The molecule has 4 aromatic rings. The molecule has 0 saturated heterocycles. The van der Waals surface area contributed by atoms with Crippen molar-refractivity contribution in [1.82, 2.24) is 29.1 Å². The molecule has 0 aliphatic heterocycles. The van der Waals surface area contributed by atoms with E-state index in [2.05, 4.69) is 32.6 Å². The van der Waals surface area contributed by atoms with Crippen LogP contribution in [0.2, 0.25) is 0 Å². The van der Waals surface area contributed by atoms with Gasteiger partial charge < -0.3 is 14.8 Å². The Morgan fingerprint density at radius 1 is 1.00 bits per heavy atom. The van der Waals surface area contributed by atoms with E-state index in [4.69, 9.17) is 9.47 Å². The predicted molar refractivity (Wildman–Crippen MR) is 180 cm³/mol. The maximum Gasteiger partial charge on any atom is 0.335 e. The second-order valence-corrected chi connectivity index (χ2v) is 15.4. The number of pyridine rings is 2. The van der Waals surface area contributed by atoms with Gasteiger partial charge in [-0.3, -0.25) is 19.1 Å². The summed E-state index contributed by atoms with van der Waals surface area (Å²) < 4.78 is 40.4. The molecule has 0 aliphatic carbocycles. The van der Waals surface area contributed by atoms with Crippen LogP contribution in [-0.2, 0) is 46.8 Å². The van der Waals surface area contributed by atoms with Crippen molar-refractivity contribution in [3.63, 3.8) is 0 Å². The van der Waals surface area contributed by atoms with E-state index in [1.54, 1.807) is 71.0 Å². The van der Waals surface area contributed by atoms with Gasteiger partial charge in [0, 0.05) is 29.8 Å². The molecule has 0 unspecified atom stereocenters. The first kappa shape index (κ1) is 36.3. The van der Waals surface area contributed by atoms with Gasteiger partial charge in [-0.05, 0) is 76.6 Å². The highest BCUT2D eigenvalue weighted by Gasteiger charge is 2.38. The molecular formula is C32H38N6O8S2. The summed E-state index contributed by atoms with van der Waals surface area (Å²) in [5.41, 5.74) is 0.399. The molecular weight excluding hydrogens is 661 g/mol. The van der Waals surface area contributed by atoms with Crippen LogP contribution in [-0.4, -0.2) is 74.9 Å². The number of methoxy groups -OCH3 is 1. The van der Waals surface area contributed by atoms with Crippen LogP contribution in [0.3, 0.4) is 0 Å². The van der Waals surface area contributed by atoms with Gasteiger partial charge in [0.05, 0.1) is 18.3 Å². The smallest absolute Gasteiger partial charge is 0.335 e. The van der Waals surface area contributed by atoms with E-state index >= 15 is 0 Å². The van der Waals surface area contributed by atoms with E-state index in [-0.39, 0.29) is 17.9 Å². The minimum Gasteiger partial charge on any atom is -0.468 e. The summed E-state index contributed by atoms with van der Waals surface area (Å²) in [7, 11) is -2.95. The van der Waals surface area contributed by atoms with E-state index in [1.807, 2.05) is 0 Å². The molecule has 2 atom stereocenters. The van der Waals surface area contributed by atoms with E-state index < -0.39 is 56.0 Å². The highest BCUT2D eigenvalue weighted by Crippen LogP contribution is 2.22. The van der Waals surface area contributed by atoms with Gasteiger partial charge in [0.2, 0.25) is 15.9 Å². The van der Waals surface area contributed by atoms with E-state index in [1.165, 1.54) is 40.8 Å². The number of carbonyl (C=O) groups is 3. The predicted octanol–water partition coefficient (Wildman–Crippen LogP) is 2.18. The summed E-state index contributed by atoms with van der Waals surface area (Å²) >= 11 is 4.48. The lowest BCUT2D eigenvalue weighted by Crippen LogP contribution is -2.58. The molecule has 0 fully saturated rings. The molecule has 3 heterocycles. The van der Waals surface area contributed by atoms with Crippen LogP contribution in [0.1, 0.15) is 40.2 Å². The lowest BCUT2D eigenvalue weighted by atomic mass is 10.0. The summed E-state index contributed by atoms with van der Waals surface area (Å²) in [4.78, 5) is 60.5. The third-order valence-electron chi connectivity index (χ3n) is 7.03. The van der Waals surface area contributed by atoms with Gasteiger partial charge in [-0.15, -0.1) is 0 Å². The average molecular weight is 699 g/mol. The number of benzene rings is 1. The number of ether oxygens (including phenoxy) is 2. The van der Waals surface area contributed by atoms with Crippen molar-refractivity contribution >= 4 is 51.7 Å². The molecule has 48 heavy (non-hydrogen) atoms. The van der Waals surface area contributed by atoms with Crippen LogP contribution in [0.25, 0.3) is 16.9 Å². The first-order chi connectivity index (χ1) is 22.4. The first-order valence-corrected chi connectivity index (χ1v) is 16.7. The normalized spacial score (nSPS) is 13.5. The van der Waals surface area contributed by atoms with Crippen LogP contribution >= 0.6 is 12.6 Å². The fourth-order valence-electron chi connectivity index (χ4n) is 4.75. The number of sulfonamides is 1. The van der Waals surface area contributed by atoms with Crippen LogP contribution in [0, 0.1) is 0 Å². The molecule has 0 spiro atoms. The lowest BCUT2D eigenvalue weighted by Gasteiger charge is -2.31. The van der Waals surface area contributed by atoms with Gasteiger partial charge in [0.15, 0.2) is 5.65 Å². The molecule has 2 N–H and O–H groups in total. The number of fused-ring (bicyclic) bond motifs is 1. The zero-order valence-electron chi connectivity index (χ0n) is 27.3. The van der Waals surface area contributed by atoms with E-state index in [9.17, 15) is 27.6 Å². The van der Waals surface area contributed by atoms with Crippen molar-refractivity contribution < 1.29 is 32.3 Å². The largest absolute Gasteiger partial charge is 0.468 e. The zero-order valence-corrected chi connectivity index (χ0v) is 29.0. The maximum atomic E-state index is 13.7. The summed E-state index contributed by atoms with van der Waals surface area (Å²) in [5.74, 6) is -2.14. The molecule has 0 saturated carbocycles. The fraction of sp³-hybridized carbons (Fsp3) is 0.375. The molecule has 3 aromatic heterocycles.